The maximum absolute atomic E-state index is 13.4. The monoisotopic (exact) mass is 534 g/mol. The average Bonchev–Trinajstić information content (AvgIpc) is 3.46. The van der Waals surface area contributed by atoms with E-state index in [0.717, 1.165) is 5.39 Å². The van der Waals surface area contributed by atoms with Crippen LogP contribution in [0.4, 0.5) is 9.52 Å². The van der Waals surface area contributed by atoms with Crippen LogP contribution in [0.3, 0.4) is 0 Å². The fraction of sp³-hybridized carbons (Fsp3) is 0.111. The van der Waals surface area contributed by atoms with E-state index in [2.05, 4.69) is 15.5 Å². The van der Waals surface area contributed by atoms with Gasteiger partial charge in [-0.3, -0.25) is 14.2 Å². The molecule has 0 spiro atoms. The quantitative estimate of drug-likeness (QED) is 0.283. The third kappa shape index (κ3) is 4.96. The third-order valence-electron chi connectivity index (χ3n) is 5.94. The minimum Gasteiger partial charge on any atom is -0.497 e. The largest absolute Gasteiger partial charge is 0.497 e. The fourth-order valence-corrected chi connectivity index (χ4v) is 4.99. The summed E-state index contributed by atoms with van der Waals surface area (Å²) in [4.78, 5) is 26.5. The maximum atomic E-state index is 13.4. The van der Waals surface area contributed by atoms with Crippen molar-refractivity contribution in [2.24, 2.45) is 0 Å². The summed E-state index contributed by atoms with van der Waals surface area (Å²) >= 11 is 7.18. The molecule has 0 saturated carbocycles. The number of rotatable bonds is 6. The van der Waals surface area contributed by atoms with E-state index in [4.69, 9.17) is 16.3 Å². The van der Waals surface area contributed by atoms with Gasteiger partial charge in [-0.1, -0.05) is 22.9 Å². The van der Waals surface area contributed by atoms with Crippen molar-refractivity contribution in [2.45, 2.75) is 13.3 Å². The van der Waals surface area contributed by atoms with Crippen LogP contribution in [-0.4, -0.2) is 33.7 Å². The Balaban J connectivity index is 1.45. The number of amides is 1. The molecule has 0 aliphatic rings. The van der Waals surface area contributed by atoms with Gasteiger partial charge in [0, 0.05) is 27.2 Å². The van der Waals surface area contributed by atoms with Gasteiger partial charge < -0.3 is 10.1 Å². The van der Waals surface area contributed by atoms with Crippen molar-refractivity contribution in [1.82, 2.24) is 14.8 Å². The van der Waals surface area contributed by atoms with Crippen molar-refractivity contribution in [2.75, 3.05) is 12.4 Å². The Bertz CT molecular complexity index is 1630. The van der Waals surface area contributed by atoms with Crippen LogP contribution in [0.1, 0.15) is 21.6 Å². The second kappa shape index (κ2) is 10.1. The molecule has 3 aromatic carbocycles. The summed E-state index contributed by atoms with van der Waals surface area (Å²) in [5, 5.41) is 13.1. The molecule has 0 aliphatic heterocycles. The number of ether oxygens (including phenoxy) is 1. The van der Waals surface area contributed by atoms with Crippen LogP contribution >= 0.6 is 22.9 Å². The Labute approximate surface area is 220 Å². The Hall–Kier alpha value is -4.08. The molecule has 1 N–H and O–H groups in total. The number of fused-ring (bicyclic) bond motifs is 1. The zero-order valence-electron chi connectivity index (χ0n) is 19.8. The SMILES string of the molecule is COc1ccc2c(c1)c(CC(=O)Nc1nnc(-c3ccc(F)cc3)s1)c(C)n2C(=O)c1ccc(Cl)cc1. The zero-order valence-corrected chi connectivity index (χ0v) is 21.4. The topological polar surface area (TPSA) is 86.1 Å². The van der Waals surface area contributed by atoms with Crippen LogP contribution in [-0.2, 0) is 11.2 Å². The lowest BCUT2D eigenvalue weighted by atomic mass is 10.1. The van der Waals surface area contributed by atoms with Gasteiger partial charge >= 0.3 is 0 Å². The third-order valence-corrected chi connectivity index (χ3v) is 7.08. The van der Waals surface area contributed by atoms with E-state index in [1.54, 1.807) is 67.1 Å². The first-order chi connectivity index (χ1) is 17.8. The summed E-state index contributed by atoms with van der Waals surface area (Å²) in [6.45, 7) is 1.81. The molecule has 0 aliphatic carbocycles. The van der Waals surface area contributed by atoms with Gasteiger partial charge in [-0.2, -0.15) is 0 Å². The summed E-state index contributed by atoms with van der Waals surface area (Å²) < 4.78 is 20.2. The molecule has 0 radical (unpaired) electrons. The lowest BCUT2D eigenvalue weighted by Crippen LogP contribution is -2.16. The molecule has 0 bridgehead atoms. The average molecular weight is 535 g/mol. The van der Waals surface area contributed by atoms with E-state index in [-0.39, 0.29) is 24.1 Å². The van der Waals surface area contributed by atoms with Crippen LogP contribution in [0.2, 0.25) is 5.02 Å². The summed E-state index contributed by atoms with van der Waals surface area (Å²) in [6, 6.07) is 17.9. The number of carbonyl (C=O) groups is 2. The van der Waals surface area contributed by atoms with Crippen LogP contribution in [0.15, 0.2) is 66.7 Å². The number of benzene rings is 3. The number of anilines is 1. The standard InChI is InChI=1S/C27H20ClFN4O3S/c1-15-21(14-24(34)30-27-32-31-25(37-27)16-5-9-19(29)10-6-16)22-13-20(36-2)11-12-23(22)33(15)26(35)17-3-7-18(28)8-4-17/h3-13H,14H2,1-2H3,(H,30,32,34). The molecular formula is C27H20ClFN4O3S. The number of halogens is 2. The highest BCUT2D eigenvalue weighted by atomic mass is 35.5. The summed E-state index contributed by atoms with van der Waals surface area (Å²) in [5.74, 6) is -0.282. The first-order valence-corrected chi connectivity index (χ1v) is 12.4. The Morgan fingerprint density at radius 2 is 1.78 bits per heavy atom. The van der Waals surface area contributed by atoms with Gasteiger partial charge in [-0.05, 0) is 79.2 Å². The first kappa shape index (κ1) is 24.6. The second-order valence-electron chi connectivity index (χ2n) is 8.24. The van der Waals surface area contributed by atoms with E-state index in [1.165, 1.54) is 23.5 Å². The molecule has 1 amide bonds. The van der Waals surface area contributed by atoms with Crippen molar-refractivity contribution < 1.29 is 18.7 Å². The molecule has 5 rings (SSSR count). The molecule has 2 heterocycles. The van der Waals surface area contributed by atoms with E-state index < -0.39 is 0 Å². The molecule has 5 aromatic rings. The zero-order chi connectivity index (χ0) is 26.1. The highest BCUT2D eigenvalue weighted by Gasteiger charge is 2.22. The minimum atomic E-state index is -0.345. The lowest BCUT2D eigenvalue weighted by Gasteiger charge is -2.08. The second-order valence-corrected chi connectivity index (χ2v) is 9.65. The highest BCUT2D eigenvalue weighted by molar-refractivity contribution is 7.18. The van der Waals surface area contributed by atoms with Crippen molar-refractivity contribution in [3.05, 3.63) is 94.4 Å². The molecule has 7 nitrogen and oxygen atoms in total. The van der Waals surface area contributed by atoms with Crippen LogP contribution in [0.25, 0.3) is 21.5 Å². The lowest BCUT2D eigenvalue weighted by molar-refractivity contribution is -0.115. The highest BCUT2D eigenvalue weighted by Crippen LogP contribution is 2.32. The molecule has 10 heteroatoms. The Morgan fingerprint density at radius 3 is 2.49 bits per heavy atom. The van der Waals surface area contributed by atoms with Crippen LogP contribution in [0.5, 0.6) is 5.75 Å². The molecule has 2 aromatic heterocycles. The van der Waals surface area contributed by atoms with Gasteiger partial charge in [0.1, 0.15) is 16.6 Å². The van der Waals surface area contributed by atoms with Gasteiger partial charge in [0.05, 0.1) is 19.0 Å². The minimum absolute atomic E-state index is 0.00185. The molecule has 37 heavy (non-hydrogen) atoms. The van der Waals surface area contributed by atoms with Crippen molar-refractivity contribution >= 4 is 50.8 Å². The van der Waals surface area contributed by atoms with Crippen molar-refractivity contribution in [1.29, 1.82) is 0 Å². The van der Waals surface area contributed by atoms with Gasteiger partial charge in [-0.15, -0.1) is 10.2 Å². The number of carbonyl (C=O) groups excluding carboxylic acids is 2. The smallest absolute Gasteiger partial charge is 0.262 e. The first-order valence-electron chi connectivity index (χ1n) is 11.2. The van der Waals surface area contributed by atoms with E-state index in [0.29, 0.717) is 48.8 Å². The predicted octanol–water partition coefficient (Wildman–Crippen LogP) is 6.14. The van der Waals surface area contributed by atoms with Crippen LogP contribution < -0.4 is 10.1 Å². The van der Waals surface area contributed by atoms with E-state index >= 15 is 0 Å². The summed E-state index contributed by atoms with van der Waals surface area (Å²) in [6.07, 6.45) is 0.00185. The number of methoxy groups -OCH3 is 1. The van der Waals surface area contributed by atoms with Crippen molar-refractivity contribution in [3.8, 4) is 16.3 Å². The molecule has 0 fully saturated rings. The van der Waals surface area contributed by atoms with E-state index in [1.807, 2.05) is 6.07 Å². The van der Waals surface area contributed by atoms with Gasteiger partial charge in [0.15, 0.2) is 0 Å². The molecule has 0 unspecified atom stereocenters. The maximum Gasteiger partial charge on any atom is 0.262 e. The molecule has 0 saturated heterocycles. The Morgan fingerprint density at radius 1 is 1.05 bits per heavy atom. The number of hydrogen-bond donors (Lipinski definition) is 1. The van der Waals surface area contributed by atoms with Gasteiger partial charge in [0.2, 0.25) is 11.0 Å². The van der Waals surface area contributed by atoms with Crippen molar-refractivity contribution in [3.63, 3.8) is 0 Å². The van der Waals surface area contributed by atoms with Crippen LogP contribution in [0, 0.1) is 12.7 Å². The van der Waals surface area contributed by atoms with Gasteiger partial charge in [-0.25, -0.2) is 4.39 Å². The number of hydrogen-bond acceptors (Lipinski definition) is 6. The number of nitrogens with zero attached hydrogens (tertiary/aromatic N) is 3. The molecular weight excluding hydrogens is 515 g/mol. The normalized spacial score (nSPS) is 11.0. The number of nitrogens with one attached hydrogen (secondary N) is 1. The number of aromatic nitrogens is 3. The predicted molar refractivity (Wildman–Crippen MR) is 142 cm³/mol. The Kier molecular flexibility index (Phi) is 6.73. The summed E-state index contributed by atoms with van der Waals surface area (Å²) in [5.41, 5.74) is 3.17. The fourth-order valence-electron chi connectivity index (χ4n) is 4.10. The summed E-state index contributed by atoms with van der Waals surface area (Å²) in [7, 11) is 1.56. The van der Waals surface area contributed by atoms with E-state index in [9.17, 15) is 14.0 Å². The van der Waals surface area contributed by atoms with Gasteiger partial charge in [0.25, 0.3) is 5.91 Å². The molecule has 0 atom stereocenters. The molecule has 186 valence electrons.